The molecule has 1 amide bonds. The van der Waals surface area contributed by atoms with Gasteiger partial charge < -0.3 is 5.32 Å². The number of anilines is 2. The van der Waals surface area contributed by atoms with Crippen molar-refractivity contribution in [1.29, 1.82) is 0 Å². The first-order valence-electron chi connectivity index (χ1n) is 8.04. The average molecular weight is 376 g/mol. The molecule has 3 aromatic rings. The Hall–Kier alpha value is -3.56. The van der Waals surface area contributed by atoms with E-state index >= 15 is 0 Å². The van der Waals surface area contributed by atoms with Gasteiger partial charge in [-0.05, 0) is 48.5 Å². The minimum Gasteiger partial charge on any atom is -0.322 e. The molecule has 5 nitrogen and oxygen atoms in total. The third-order valence-corrected chi connectivity index (χ3v) is 5.11. The minimum absolute atomic E-state index is 0.144. The second kappa shape index (κ2) is 7.77. The van der Waals surface area contributed by atoms with E-state index in [1.165, 1.54) is 18.2 Å². The van der Waals surface area contributed by atoms with Crippen molar-refractivity contribution in [1.82, 2.24) is 0 Å². The Labute approximate surface area is 158 Å². The Kier molecular flexibility index (Phi) is 5.25. The van der Waals surface area contributed by atoms with Crippen LogP contribution in [0.25, 0.3) is 0 Å². The monoisotopic (exact) mass is 376 g/mol. The fourth-order valence-electron chi connectivity index (χ4n) is 2.43. The lowest BCUT2D eigenvalue weighted by atomic mass is 10.1. The second-order valence-corrected chi connectivity index (χ2v) is 7.36. The zero-order valence-corrected chi connectivity index (χ0v) is 15.0. The topological polar surface area (TPSA) is 75.3 Å². The van der Waals surface area contributed by atoms with Gasteiger partial charge in [-0.15, -0.1) is 6.42 Å². The van der Waals surface area contributed by atoms with E-state index in [0.29, 0.717) is 22.5 Å². The summed E-state index contributed by atoms with van der Waals surface area (Å²) in [5.41, 5.74) is 1.82. The summed E-state index contributed by atoms with van der Waals surface area (Å²) in [7, 11) is -3.73. The third kappa shape index (κ3) is 4.54. The van der Waals surface area contributed by atoms with Gasteiger partial charge in [0.05, 0.1) is 4.90 Å². The van der Waals surface area contributed by atoms with E-state index in [9.17, 15) is 13.2 Å². The smallest absolute Gasteiger partial charge is 0.261 e. The molecular weight excluding hydrogens is 360 g/mol. The molecule has 6 heteroatoms. The molecule has 0 heterocycles. The van der Waals surface area contributed by atoms with Crippen molar-refractivity contribution in [3.63, 3.8) is 0 Å². The molecule has 3 rings (SSSR count). The molecule has 0 saturated heterocycles. The number of rotatable bonds is 5. The molecule has 3 aromatic carbocycles. The highest BCUT2D eigenvalue weighted by atomic mass is 32.2. The molecule has 0 aliphatic rings. The maximum Gasteiger partial charge on any atom is 0.261 e. The molecule has 0 fully saturated rings. The number of benzene rings is 3. The number of amides is 1. The SMILES string of the molecule is C#Cc1cccc(NC(=O)c2cccc(NS(=O)(=O)c3ccccc3)c2)c1. The van der Waals surface area contributed by atoms with Crippen LogP contribution in [0.15, 0.2) is 83.8 Å². The molecule has 2 N–H and O–H groups in total. The van der Waals surface area contributed by atoms with Gasteiger partial charge in [-0.25, -0.2) is 8.42 Å². The normalized spacial score (nSPS) is 10.6. The first-order valence-corrected chi connectivity index (χ1v) is 9.52. The van der Waals surface area contributed by atoms with E-state index in [-0.39, 0.29) is 10.8 Å². The molecule has 0 aliphatic carbocycles. The summed E-state index contributed by atoms with van der Waals surface area (Å²) in [4.78, 5) is 12.6. The summed E-state index contributed by atoms with van der Waals surface area (Å²) >= 11 is 0. The fraction of sp³-hybridized carbons (Fsp3) is 0. The first kappa shape index (κ1) is 18.2. The van der Waals surface area contributed by atoms with Crippen LogP contribution in [0.1, 0.15) is 15.9 Å². The average Bonchev–Trinajstić information content (AvgIpc) is 2.68. The maximum absolute atomic E-state index is 12.5. The quantitative estimate of drug-likeness (QED) is 0.667. The summed E-state index contributed by atoms with van der Waals surface area (Å²) in [6.07, 6.45) is 5.36. The number of hydrogen-bond acceptors (Lipinski definition) is 3. The predicted molar refractivity (Wildman–Crippen MR) is 106 cm³/mol. The molecule has 0 radical (unpaired) electrons. The fourth-order valence-corrected chi connectivity index (χ4v) is 3.50. The lowest BCUT2D eigenvalue weighted by molar-refractivity contribution is 0.102. The first-order chi connectivity index (χ1) is 13.0. The molecule has 0 bridgehead atoms. The van der Waals surface area contributed by atoms with Crippen molar-refractivity contribution < 1.29 is 13.2 Å². The van der Waals surface area contributed by atoms with Gasteiger partial charge in [0.1, 0.15) is 0 Å². The van der Waals surface area contributed by atoms with E-state index in [0.717, 1.165) is 0 Å². The Morgan fingerprint density at radius 2 is 1.56 bits per heavy atom. The van der Waals surface area contributed by atoms with E-state index in [1.54, 1.807) is 60.7 Å². The summed E-state index contributed by atoms with van der Waals surface area (Å²) in [6, 6.07) is 21.2. The van der Waals surface area contributed by atoms with Crippen molar-refractivity contribution in [3.8, 4) is 12.3 Å². The van der Waals surface area contributed by atoms with Crippen molar-refractivity contribution in [3.05, 3.63) is 90.0 Å². The van der Waals surface area contributed by atoms with Gasteiger partial charge in [0, 0.05) is 22.5 Å². The van der Waals surface area contributed by atoms with Gasteiger partial charge in [-0.2, -0.15) is 0 Å². The summed E-state index contributed by atoms with van der Waals surface area (Å²) < 4.78 is 27.3. The van der Waals surface area contributed by atoms with E-state index < -0.39 is 10.0 Å². The van der Waals surface area contributed by atoms with Gasteiger partial charge in [0.15, 0.2) is 0 Å². The lowest BCUT2D eigenvalue weighted by Gasteiger charge is -2.10. The second-order valence-electron chi connectivity index (χ2n) is 5.68. The standard InChI is InChI=1S/C21H16N2O3S/c1-2-16-8-6-10-18(14-16)22-21(24)17-9-7-11-19(15-17)23-27(25,26)20-12-4-3-5-13-20/h1,3-15,23H,(H,22,24). The van der Waals surface area contributed by atoms with E-state index in [1.807, 2.05) is 0 Å². The molecule has 134 valence electrons. The predicted octanol–water partition coefficient (Wildman–Crippen LogP) is 3.72. The summed E-state index contributed by atoms with van der Waals surface area (Å²) in [5.74, 6) is 2.13. The van der Waals surface area contributed by atoms with Crippen LogP contribution >= 0.6 is 0 Å². The Morgan fingerprint density at radius 3 is 2.30 bits per heavy atom. The van der Waals surface area contributed by atoms with Crippen LogP contribution in [-0.4, -0.2) is 14.3 Å². The van der Waals surface area contributed by atoms with Gasteiger partial charge >= 0.3 is 0 Å². The number of terminal acetylenes is 1. The van der Waals surface area contributed by atoms with Crippen molar-refractivity contribution >= 4 is 27.3 Å². The lowest BCUT2D eigenvalue weighted by Crippen LogP contribution is -2.15. The zero-order chi connectivity index (χ0) is 19.3. The highest BCUT2D eigenvalue weighted by Crippen LogP contribution is 2.18. The van der Waals surface area contributed by atoms with Crippen LogP contribution in [0, 0.1) is 12.3 Å². The van der Waals surface area contributed by atoms with Crippen LogP contribution in [0.4, 0.5) is 11.4 Å². The number of carbonyl (C=O) groups excluding carboxylic acids is 1. The Balaban J connectivity index is 1.79. The molecule has 0 saturated carbocycles. The molecule has 0 atom stereocenters. The van der Waals surface area contributed by atoms with E-state index in [2.05, 4.69) is 16.0 Å². The van der Waals surface area contributed by atoms with Gasteiger partial charge in [-0.1, -0.05) is 36.3 Å². The summed E-state index contributed by atoms with van der Waals surface area (Å²) in [5, 5.41) is 2.74. The highest BCUT2D eigenvalue weighted by Gasteiger charge is 2.14. The largest absolute Gasteiger partial charge is 0.322 e. The van der Waals surface area contributed by atoms with E-state index in [4.69, 9.17) is 6.42 Å². The molecular formula is C21H16N2O3S. The molecule has 0 aromatic heterocycles. The third-order valence-electron chi connectivity index (χ3n) is 3.72. The maximum atomic E-state index is 12.5. The molecule has 0 unspecified atom stereocenters. The number of carbonyl (C=O) groups is 1. The van der Waals surface area contributed by atoms with Crippen LogP contribution in [0.2, 0.25) is 0 Å². The molecule has 0 aliphatic heterocycles. The number of hydrogen-bond donors (Lipinski definition) is 2. The molecule has 0 spiro atoms. The Bertz CT molecular complexity index is 1120. The van der Waals surface area contributed by atoms with Crippen LogP contribution in [0.5, 0.6) is 0 Å². The number of sulfonamides is 1. The van der Waals surface area contributed by atoms with Crippen molar-refractivity contribution in [2.24, 2.45) is 0 Å². The van der Waals surface area contributed by atoms with Crippen LogP contribution in [0.3, 0.4) is 0 Å². The van der Waals surface area contributed by atoms with Crippen molar-refractivity contribution in [2.45, 2.75) is 4.90 Å². The van der Waals surface area contributed by atoms with Crippen LogP contribution < -0.4 is 10.0 Å². The zero-order valence-electron chi connectivity index (χ0n) is 14.2. The Morgan fingerprint density at radius 1 is 0.852 bits per heavy atom. The van der Waals surface area contributed by atoms with Gasteiger partial charge in [0.2, 0.25) is 0 Å². The summed E-state index contributed by atoms with van der Waals surface area (Å²) in [6.45, 7) is 0. The van der Waals surface area contributed by atoms with Gasteiger partial charge in [-0.3, -0.25) is 9.52 Å². The van der Waals surface area contributed by atoms with Crippen molar-refractivity contribution in [2.75, 3.05) is 10.0 Å². The molecule has 27 heavy (non-hydrogen) atoms. The van der Waals surface area contributed by atoms with Gasteiger partial charge in [0.25, 0.3) is 15.9 Å². The minimum atomic E-state index is -3.73. The number of nitrogens with one attached hydrogen (secondary N) is 2. The highest BCUT2D eigenvalue weighted by molar-refractivity contribution is 7.92. The van der Waals surface area contributed by atoms with Crippen LogP contribution in [-0.2, 0) is 10.0 Å².